The van der Waals surface area contributed by atoms with Gasteiger partial charge in [0, 0.05) is 10.4 Å². The standard InChI is InChI=1S/3C5H12NO.BrH.H2O4S/c3*1-5(7)6(2,3)4;;1-5(2,3)4/h3*1-4H3;1H;(H2,1,2,3,4)/q3*+1;;/p-3. The third-order valence-electron chi connectivity index (χ3n) is 2.83. The summed E-state index contributed by atoms with van der Waals surface area (Å²) in [5, 5.41) is 0. The van der Waals surface area contributed by atoms with E-state index < -0.39 is 10.4 Å². The molecular formula is C15H36BrN3O7S. The number of carbonyl (C=O) groups is 3. The van der Waals surface area contributed by atoms with Crippen LogP contribution in [-0.2, 0) is 24.8 Å². The van der Waals surface area contributed by atoms with Gasteiger partial charge in [0.25, 0.3) is 0 Å². The van der Waals surface area contributed by atoms with Gasteiger partial charge in [-0.1, -0.05) is 0 Å². The minimum Gasteiger partial charge on any atom is -1.00 e. The van der Waals surface area contributed by atoms with Crippen molar-refractivity contribution in [2.75, 3.05) is 63.4 Å². The number of quaternary nitrogens is 3. The van der Waals surface area contributed by atoms with Crippen LogP contribution in [0.3, 0.4) is 0 Å². The van der Waals surface area contributed by atoms with Crippen LogP contribution in [-0.4, -0.2) is 112 Å². The van der Waals surface area contributed by atoms with E-state index >= 15 is 0 Å². The molecule has 27 heavy (non-hydrogen) atoms. The number of carbonyl (C=O) groups excluding carboxylic acids is 3. The average Bonchev–Trinajstić information content (AvgIpc) is 2.23. The number of nitrogens with zero attached hydrogens (tertiary/aromatic N) is 3. The fourth-order valence-electron chi connectivity index (χ4n) is 0. The Bertz CT molecular complexity index is 492. The molecule has 166 valence electrons. The van der Waals surface area contributed by atoms with Crippen LogP contribution in [0, 0.1) is 0 Å². The molecule has 0 saturated carbocycles. The van der Waals surface area contributed by atoms with E-state index in [1.807, 2.05) is 63.4 Å². The van der Waals surface area contributed by atoms with Crippen LogP contribution in [0.25, 0.3) is 0 Å². The normalized spacial score (nSPS) is 11.0. The number of hydrogen-bond donors (Lipinski definition) is 0. The Balaban J connectivity index is -0.0000000793. The lowest BCUT2D eigenvalue weighted by Gasteiger charge is -2.17. The second-order valence-electron chi connectivity index (χ2n) is 8.00. The highest BCUT2D eigenvalue weighted by Crippen LogP contribution is 1.88. The van der Waals surface area contributed by atoms with Gasteiger partial charge in [0.05, 0.1) is 84.2 Å². The van der Waals surface area contributed by atoms with Gasteiger partial charge in [-0.3, -0.25) is 21.9 Å². The highest BCUT2D eigenvalue weighted by atomic mass is 79.9. The zero-order valence-corrected chi connectivity index (χ0v) is 20.9. The monoisotopic (exact) mass is 481 g/mol. The molecular weight excluding hydrogens is 446 g/mol. The molecule has 0 bridgehead atoms. The van der Waals surface area contributed by atoms with E-state index in [4.69, 9.17) is 17.5 Å². The van der Waals surface area contributed by atoms with Crippen molar-refractivity contribution in [1.82, 2.24) is 0 Å². The van der Waals surface area contributed by atoms with E-state index in [0.29, 0.717) is 13.4 Å². The Labute approximate surface area is 174 Å². The van der Waals surface area contributed by atoms with Crippen molar-refractivity contribution in [3.8, 4) is 0 Å². The summed E-state index contributed by atoms with van der Waals surface area (Å²) in [5.41, 5.74) is 0. The predicted molar refractivity (Wildman–Crippen MR) is 96.6 cm³/mol. The van der Waals surface area contributed by atoms with E-state index in [-0.39, 0.29) is 34.7 Å². The smallest absolute Gasteiger partial charge is 0.309 e. The molecule has 0 aromatic heterocycles. The summed E-state index contributed by atoms with van der Waals surface area (Å²) in [6.07, 6.45) is 0. The SMILES string of the molecule is CC(=O)[N+](C)(C)C.CC(=O)[N+](C)(C)C.CC(=O)[N+](C)(C)C.O=S(=O)([O-])[O-].[Br-]. The number of rotatable bonds is 0. The molecule has 0 aromatic rings. The largest absolute Gasteiger partial charge is 1.00 e. The molecule has 0 radical (unpaired) electrons. The van der Waals surface area contributed by atoms with Crippen molar-refractivity contribution in [2.24, 2.45) is 0 Å². The number of hydrogen-bond acceptors (Lipinski definition) is 7. The van der Waals surface area contributed by atoms with Gasteiger partial charge in [0.2, 0.25) is 0 Å². The van der Waals surface area contributed by atoms with Crippen molar-refractivity contribution in [3.63, 3.8) is 0 Å². The second kappa shape index (κ2) is 14.3. The van der Waals surface area contributed by atoms with Crippen LogP contribution >= 0.6 is 0 Å². The van der Waals surface area contributed by atoms with Crippen molar-refractivity contribution < 1.29 is 62.3 Å². The van der Waals surface area contributed by atoms with Crippen LogP contribution in [0.1, 0.15) is 20.8 Å². The molecule has 0 spiro atoms. The Kier molecular flexibility index (Phi) is 19.6. The van der Waals surface area contributed by atoms with Crippen molar-refractivity contribution in [3.05, 3.63) is 0 Å². The summed E-state index contributed by atoms with van der Waals surface area (Å²) in [6, 6.07) is 0. The highest BCUT2D eigenvalue weighted by molar-refractivity contribution is 7.79. The van der Waals surface area contributed by atoms with Crippen LogP contribution < -0.4 is 17.0 Å². The second-order valence-corrected chi connectivity index (χ2v) is 8.82. The third-order valence-corrected chi connectivity index (χ3v) is 2.83. The molecule has 0 N–H and O–H groups in total. The van der Waals surface area contributed by atoms with E-state index in [2.05, 4.69) is 0 Å². The van der Waals surface area contributed by atoms with Gasteiger partial charge in [-0.2, -0.15) is 0 Å². The maximum absolute atomic E-state index is 10.4. The minimum absolute atomic E-state index is 0. The zero-order chi connectivity index (χ0) is 22.7. The maximum Gasteiger partial charge on any atom is 0.309 e. The Morgan fingerprint density at radius 2 is 0.593 bits per heavy atom. The van der Waals surface area contributed by atoms with E-state index in [0.717, 1.165) is 0 Å². The van der Waals surface area contributed by atoms with Gasteiger partial charge in [-0.05, 0) is 0 Å². The Morgan fingerprint density at radius 3 is 0.593 bits per heavy atom. The predicted octanol–water partition coefficient (Wildman–Crippen LogP) is -3.62. The molecule has 3 amide bonds. The van der Waals surface area contributed by atoms with E-state index in [1.165, 1.54) is 0 Å². The lowest BCUT2D eigenvalue weighted by molar-refractivity contribution is -0.791. The molecule has 0 fully saturated rings. The summed E-state index contributed by atoms with van der Waals surface area (Å²) in [7, 11) is 11.5. The molecule has 0 saturated heterocycles. The molecule has 10 nitrogen and oxygen atoms in total. The molecule has 0 unspecified atom stereocenters. The van der Waals surface area contributed by atoms with Crippen LogP contribution in [0.5, 0.6) is 0 Å². The third kappa shape index (κ3) is 45.9. The Morgan fingerprint density at radius 1 is 0.556 bits per heavy atom. The molecule has 0 heterocycles. The minimum atomic E-state index is -5.17. The summed E-state index contributed by atoms with van der Waals surface area (Å²) in [4.78, 5) is 31.3. The van der Waals surface area contributed by atoms with Gasteiger partial charge in [-0.25, -0.2) is 14.4 Å². The fraction of sp³-hybridized carbons (Fsp3) is 0.800. The molecule has 12 heteroatoms. The van der Waals surface area contributed by atoms with Gasteiger partial charge < -0.3 is 26.1 Å². The molecule has 0 rings (SSSR count). The summed E-state index contributed by atoms with van der Waals surface area (Å²) < 4.78 is 35.3. The summed E-state index contributed by atoms with van der Waals surface area (Å²) in [5.74, 6) is 0.542. The van der Waals surface area contributed by atoms with E-state index in [9.17, 15) is 14.4 Å². The zero-order valence-electron chi connectivity index (χ0n) is 18.5. The number of amides is 3. The first-order chi connectivity index (χ1) is 10.8. The Hall–Kier alpha value is -0.760. The topological polar surface area (TPSA) is 131 Å². The van der Waals surface area contributed by atoms with Crippen molar-refractivity contribution >= 4 is 28.1 Å². The van der Waals surface area contributed by atoms with Crippen LogP contribution in [0.4, 0.5) is 0 Å². The van der Waals surface area contributed by atoms with Crippen LogP contribution in [0.15, 0.2) is 0 Å². The van der Waals surface area contributed by atoms with Gasteiger partial charge in [-0.15, -0.1) is 0 Å². The molecule has 0 aliphatic rings. The quantitative estimate of drug-likeness (QED) is 0.198. The van der Waals surface area contributed by atoms with Gasteiger partial charge in [0.1, 0.15) is 0 Å². The first-order valence-corrected chi connectivity index (χ1v) is 8.81. The van der Waals surface area contributed by atoms with Crippen molar-refractivity contribution in [2.45, 2.75) is 20.8 Å². The maximum atomic E-state index is 10.4. The van der Waals surface area contributed by atoms with Gasteiger partial charge >= 0.3 is 17.7 Å². The number of halogens is 1. The molecule has 0 atom stereocenters. The summed E-state index contributed by atoms with van der Waals surface area (Å²) in [6.45, 7) is 4.75. The molecule has 0 aliphatic carbocycles. The first-order valence-electron chi connectivity index (χ1n) is 7.47. The highest BCUT2D eigenvalue weighted by Gasteiger charge is 2.13. The lowest BCUT2D eigenvalue weighted by Crippen LogP contribution is -3.00. The fourth-order valence-corrected chi connectivity index (χ4v) is 0. The lowest BCUT2D eigenvalue weighted by atomic mass is 10.5. The average molecular weight is 482 g/mol. The van der Waals surface area contributed by atoms with Crippen molar-refractivity contribution in [1.29, 1.82) is 0 Å². The molecule has 0 aromatic carbocycles. The summed E-state index contributed by atoms with van der Waals surface area (Å²) >= 11 is 0. The van der Waals surface area contributed by atoms with Gasteiger partial charge in [0.15, 0.2) is 0 Å². The molecule has 0 aliphatic heterocycles. The first kappa shape index (κ1) is 37.1. The van der Waals surface area contributed by atoms with E-state index in [1.54, 1.807) is 20.8 Å². The van der Waals surface area contributed by atoms with Crippen LogP contribution in [0.2, 0.25) is 0 Å².